The number of hydrogen-bond acceptors (Lipinski definition) is 12. The maximum Gasteiger partial charge on any atom is 0.416 e. The van der Waals surface area contributed by atoms with Crippen LogP contribution < -0.4 is 15.0 Å². The molecule has 0 radical (unpaired) electrons. The molecule has 1 unspecified atom stereocenters. The van der Waals surface area contributed by atoms with Gasteiger partial charge in [-0.3, -0.25) is 14.6 Å². The molecule has 1 spiro atoms. The first-order chi connectivity index (χ1) is 23.3. The van der Waals surface area contributed by atoms with Gasteiger partial charge in [-0.25, -0.2) is 28.9 Å². The van der Waals surface area contributed by atoms with Crippen molar-refractivity contribution in [1.29, 1.82) is 0 Å². The number of benzene rings is 1. The number of piperidine rings is 1. The van der Waals surface area contributed by atoms with E-state index >= 15 is 4.39 Å². The van der Waals surface area contributed by atoms with E-state index in [1.165, 1.54) is 16.0 Å². The first-order valence-corrected chi connectivity index (χ1v) is 16.6. The molecule has 3 fully saturated rings. The molecule has 15 nitrogen and oxygen atoms in total. The molecule has 0 saturated carbocycles. The van der Waals surface area contributed by atoms with Crippen LogP contribution in [0.25, 0.3) is 11.1 Å². The van der Waals surface area contributed by atoms with Crippen molar-refractivity contribution in [2.24, 2.45) is 5.92 Å². The number of fused-ring (bicyclic) bond motifs is 3. The Bertz CT molecular complexity index is 1850. The molecule has 2 N–H and O–H groups in total. The van der Waals surface area contributed by atoms with Crippen molar-refractivity contribution in [2.75, 3.05) is 49.5 Å². The van der Waals surface area contributed by atoms with Gasteiger partial charge in [0.05, 0.1) is 25.4 Å². The van der Waals surface area contributed by atoms with Crippen LogP contribution in [0.1, 0.15) is 63.1 Å². The number of nitrogens with zero attached hydrogens (tertiary/aromatic N) is 6. The van der Waals surface area contributed by atoms with Crippen LogP contribution in [0.3, 0.4) is 0 Å². The van der Waals surface area contributed by atoms with Crippen LogP contribution >= 0.6 is 0 Å². The number of rotatable bonds is 4. The number of amides is 3. The van der Waals surface area contributed by atoms with Crippen LogP contribution in [0.5, 0.6) is 5.88 Å². The summed E-state index contributed by atoms with van der Waals surface area (Å²) in [6.45, 7) is 7.77. The highest BCUT2D eigenvalue weighted by molar-refractivity contribution is 5.95. The number of β-amino-alcohol motifs (C(OH)–C–C–N with tert-alkyl or cyclic N) is 1. The van der Waals surface area contributed by atoms with Gasteiger partial charge in [0, 0.05) is 38.9 Å². The molecule has 8 rings (SSSR count). The fraction of sp³-hybridized carbons (Fsp3) is 0.576. The van der Waals surface area contributed by atoms with Gasteiger partial charge in [0.15, 0.2) is 29.6 Å². The van der Waals surface area contributed by atoms with Crippen molar-refractivity contribution < 1.29 is 42.5 Å². The van der Waals surface area contributed by atoms with Crippen molar-refractivity contribution in [3.63, 3.8) is 0 Å². The summed E-state index contributed by atoms with van der Waals surface area (Å²) in [6.07, 6.45) is 2.33. The molecule has 1 aromatic carbocycles. The van der Waals surface area contributed by atoms with Crippen molar-refractivity contribution in [1.82, 2.24) is 24.8 Å². The zero-order valence-corrected chi connectivity index (χ0v) is 27.5. The topological polar surface area (TPSA) is 173 Å². The largest absolute Gasteiger partial charge is 0.465 e. The smallest absolute Gasteiger partial charge is 0.416 e. The number of likely N-dealkylation sites (tertiary alicyclic amines) is 2. The molecular formula is C33H38FN7O8. The molecule has 49 heavy (non-hydrogen) atoms. The molecule has 3 amide bonds. The van der Waals surface area contributed by atoms with Crippen LogP contribution in [-0.2, 0) is 27.1 Å². The van der Waals surface area contributed by atoms with E-state index in [2.05, 4.69) is 25.2 Å². The van der Waals surface area contributed by atoms with E-state index in [-0.39, 0.29) is 60.4 Å². The highest BCUT2D eigenvalue weighted by Crippen LogP contribution is 2.40. The summed E-state index contributed by atoms with van der Waals surface area (Å²) >= 11 is 0. The second-order valence-electron chi connectivity index (χ2n) is 14.7. The number of carbonyl (C=O) groups is 3. The Balaban J connectivity index is 0.899. The number of ether oxygens (including phenoxy) is 3. The Kier molecular flexibility index (Phi) is 7.44. The number of halogens is 1. The lowest BCUT2D eigenvalue weighted by Crippen LogP contribution is -2.48. The first kappa shape index (κ1) is 31.7. The van der Waals surface area contributed by atoms with E-state index in [0.29, 0.717) is 56.4 Å². The molecule has 16 heteroatoms. The van der Waals surface area contributed by atoms with Gasteiger partial charge in [-0.15, -0.1) is 0 Å². The van der Waals surface area contributed by atoms with Crippen LogP contribution in [0.2, 0.25) is 0 Å². The lowest BCUT2D eigenvalue weighted by Gasteiger charge is -2.38. The third-order valence-corrected chi connectivity index (χ3v) is 9.88. The van der Waals surface area contributed by atoms with E-state index < -0.39 is 41.4 Å². The normalized spacial score (nSPS) is 25.0. The van der Waals surface area contributed by atoms with Crippen molar-refractivity contribution >= 4 is 40.8 Å². The maximum absolute atomic E-state index is 15.9. The summed E-state index contributed by atoms with van der Waals surface area (Å²) in [4.78, 5) is 55.8. The van der Waals surface area contributed by atoms with Gasteiger partial charge in [0.2, 0.25) is 5.89 Å². The fourth-order valence-electron chi connectivity index (χ4n) is 7.61. The van der Waals surface area contributed by atoms with Gasteiger partial charge in [-0.2, -0.15) is 0 Å². The predicted octanol–water partition coefficient (Wildman–Crippen LogP) is 3.34. The molecule has 4 aliphatic heterocycles. The Morgan fingerprint density at radius 1 is 1.20 bits per heavy atom. The van der Waals surface area contributed by atoms with Gasteiger partial charge < -0.3 is 34.0 Å². The number of aromatic nitrogens is 3. The minimum absolute atomic E-state index is 0.0611. The van der Waals surface area contributed by atoms with Crippen LogP contribution in [-0.4, -0.2) is 105 Å². The SMILES string of the molecule is CC(C)(C)OC(=O)N1C[C@H](O)C[C@H]1c1nc2cc3c(c(F)c2o1)CC(CN1CCC2(CC1)CN(c1cnc4c(n1)NC(=O)CO4)C(=O)O2)C3. The lowest BCUT2D eigenvalue weighted by atomic mass is 9.90. The maximum atomic E-state index is 15.9. The van der Waals surface area contributed by atoms with Gasteiger partial charge in [0.1, 0.15) is 22.8 Å². The number of oxazole rings is 1. The first-order valence-electron chi connectivity index (χ1n) is 16.6. The van der Waals surface area contributed by atoms with E-state index in [1.54, 1.807) is 20.8 Å². The summed E-state index contributed by atoms with van der Waals surface area (Å²) in [5.41, 5.74) is 0.604. The van der Waals surface area contributed by atoms with Crippen molar-refractivity contribution in [3.05, 3.63) is 35.1 Å². The molecule has 1 aliphatic carbocycles. The lowest BCUT2D eigenvalue weighted by molar-refractivity contribution is -0.118. The minimum Gasteiger partial charge on any atom is -0.465 e. The Morgan fingerprint density at radius 3 is 2.78 bits per heavy atom. The Morgan fingerprint density at radius 2 is 2.00 bits per heavy atom. The van der Waals surface area contributed by atoms with Crippen LogP contribution in [0.15, 0.2) is 16.7 Å². The number of aliphatic hydroxyl groups excluding tert-OH is 1. The second kappa shape index (κ2) is 11.5. The van der Waals surface area contributed by atoms with Gasteiger partial charge >= 0.3 is 12.2 Å². The summed E-state index contributed by atoms with van der Waals surface area (Å²) in [6, 6.07) is 1.22. The molecule has 3 saturated heterocycles. The summed E-state index contributed by atoms with van der Waals surface area (Å²) in [5.74, 6) is 0.283. The number of anilines is 2. The molecule has 2 aromatic heterocycles. The summed E-state index contributed by atoms with van der Waals surface area (Å²) in [5, 5.41) is 13.0. The Hall–Kier alpha value is -4.57. The van der Waals surface area contributed by atoms with E-state index in [4.69, 9.17) is 18.6 Å². The molecule has 3 aromatic rings. The fourth-order valence-corrected chi connectivity index (χ4v) is 7.61. The average Bonchev–Trinajstić information content (AvgIpc) is 3.82. The van der Waals surface area contributed by atoms with Gasteiger partial charge in [0.25, 0.3) is 11.8 Å². The van der Waals surface area contributed by atoms with Gasteiger partial charge in [-0.05, 0) is 56.7 Å². The third kappa shape index (κ3) is 5.90. The summed E-state index contributed by atoms with van der Waals surface area (Å²) in [7, 11) is 0. The molecule has 5 aliphatic rings. The number of nitrogens with one attached hydrogen (secondary N) is 1. The number of carbonyl (C=O) groups excluding carboxylic acids is 3. The van der Waals surface area contributed by atoms with Crippen molar-refractivity contribution in [3.8, 4) is 5.88 Å². The van der Waals surface area contributed by atoms with E-state index in [1.807, 2.05) is 6.07 Å². The minimum atomic E-state index is -0.767. The quantitative estimate of drug-likeness (QED) is 0.413. The molecule has 6 heterocycles. The molecule has 3 atom stereocenters. The van der Waals surface area contributed by atoms with Gasteiger partial charge in [-0.1, -0.05) is 0 Å². The average molecular weight is 680 g/mol. The highest BCUT2D eigenvalue weighted by atomic mass is 19.1. The second-order valence-corrected chi connectivity index (χ2v) is 14.7. The highest BCUT2D eigenvalue weighted by Gasteiger charge is 2.48. The summed E-state index contributed by atoms with van der Waals surface area (Å²) < 4.78 is 38.6. The van der Waals surface area contributed by atoms with E-state index in [9.17, 15) is 19.5 Å². The van der Waals surface area contributed by atoms with E-state index in [0.717, 1.165) is 12.1 Å². The monoisotopic (exact) mass is 679 g/mol. The van der Waals surface area contributed by atoms with Crippen molar-refractivity contribution in [2.45, 2.75) is 76.2 Å². The molecule has 260 valence electrons. The van der Waals surface area contributed by atoms with Crippen LogP contribution in [0, 0.1) is 11.7 Å². The molecular weight excluding hydrogens is 641 g/mol. The zero-order chi connectivity index (χ0) is 34.2. The Labute approximate surface area is 280 Å². The predicted molar refractivity (Wildman–Crippen MR) is 170 cm³/mol. The van der Waals surface area contributed by atoms with Crippen LogP contribution in [0.4, 0.5) is 25.6 Å². The third-order valence-electron chi connectivity index (χ3n) is 9.88. The number of aliphatic hydroxyl groups is 1. The standard InChI is InChI=1S/C33H38FN7O8/c1-32(2,3)48-30(44)40-14-19(42)11-22(40)28-36-21-10-18-8-17(9-20(18)25(34)26(21)47-28)13-39-6-4-33(5-7-39)16-41(31(45)49-33)23-12-35-29-27(37-23)38-24(43)15-46-29/h10,12,17,19,22,42H,4-9,11,13-16H2,1-3H3,(H,37,38,43)/t17?,19-,22+/m1/s1. The molecule has 0 bridgehead atoms. The zero-order valence-electron chi connectivity index (χ0n) is 27.5. The number of hydrogen-bond donors (Lipinski definition) is 2.